The molecule has 3 aliphatic heterocycles. The van der Waals surface area contributed by atoms with Crippen molar-refractivity contribution in [3.63, 3.8) is 0 Å². The number of aliphatic hydroxyl groups excluding tert-OH is 5. The predicted molar refractivity (Wildman–Crippen MR) is 292 cm³/mol. The molecule has 37 heteroatoms. The Kier molecular flexibility index (Phi) is 40.1. The number of ether oxygens (including phenoxy) is 7. The molecule has 0 radical (unpaired) electrons. The van der Waals surface area contributed by atoms with Crippen LogP contribution in [-0.2, 0) is 100 Å². The summed E-state index contributed by atoms with van der Waals surface area (Å²) in [5.41, 5.74) is -0.218. The average Bonchev–Trinajstić information content (AvgIpc) is 1.89. The molecule has 2 aliphatic carbocycles. The summed E-state index contributed by atoms with van der Waals surface area (Å²) in [4.78, 5) is 90.3. The van der Waals surface area contributed by atoms with Gasteiger partial charge in [-0.05, 0) is 66.8 Å². The third-order valence-electron chi connectivity index (χ3n) is 15.4. The molecule has 2 saturated heterocycles. The molecule has 2 saturated carbocycles. The van der Waals surface area contributed by atoms with Crippen molar-refractivity contribution in [2.75, 3.05) is 44.9 Å². The number of nitrogens with one attached hydrogen (secondary N) is 4. The van der Waals surface area contributed by atoms with Gasteiger partial charge in [0.05, 0.1) is 62.7 Å². The van der Waals surface area contributed by atoms with E-state index in [1.54, 1.807) is 0 Å². The minimum Gasteiger partial charge on any atom is -0.768 e. The second-order valence-electron chi connectivity index (χ2n) is 21.6. The molecule has 91 heavy (non-hydrogen) atoms. The van der Waals surface area contributed by atoms with Gasteiger partial charge in [0.1, 0.15) is 49.8 Å². The van der Waals surface area contributed by atoms with Gasteiger partial charge < -0.3 is 93.6 Å². The zero-order chi connectivity index (χ0) is 63.6. The van der Waals surface area contributed by atoms with E-state index < -0.39 is 180 Å². The largest absolute Gasteiger partial charge is 1.00 e. The van der Waals surface area contributed by atoms with Crippen molar-refractivity contribution < 1.29 is 242 Å². The molecular formula is C54H70N4Na4O26S3. The van der Waals surface area contributed by atoms with Crippen LogP contribution in [0, 0.1) is 23.8 Å². The monoisotopic (exact) mass is 1380 g/mol. The number of aliphatic hydroxyl groups is 5. The molecule has 5 amide bonds. The first-order valence-electron chi connectivity index (χ1n) is 27.9. The molecule has 0 aromatic heterocycles. The topological polar surface area (TPSA) is 471 Å². The maximum absolute atomic E-state index is 14.2. The zero-order valence-corrected chi connectivity index (χ0v) is 61.6. The average molecular weight is 1380 g/mol. The molecule has 2 aromatic rings. The van der Waals surface area contributed by atoms with Crippen LogP contribution < -0.4 is 145 Å². The second kappa shape index (κ2) is 42.5. The van der Waals surface area contributed by atoms with Crippen molar-refractivity contribution in [3.05, 3.63) is 42.0 Å². The fourth-order valence-corrected chi connectivity index (χ4v) is 12.2. The summed E-state index contributed by atoms with van der Waals surface area (Å²) in [6.07, 6.45) is -13.8. The first-order valence-corrected chi connectivity index (χ1v) is 30.8. The van der Waals surface area contributed by atoms with Gasteiger partial charge in [0, 0.05) is 46.2 Å². The molecule has 2 aromatic carbocycles. The van der Waals surface area contributed by atoms with E-state index in [1.807, 2.05) is 0 Å². The van der Waals surface area contributed by atoms with Crippen molar-refractivity contribution in [2.45, 2.75) is 174 Å². The number of carbonyl (C=O) groups excluding carboxylic acids is 7. The minimum absolute atomic E-state index is 0. The summed E-state index contributed by atoms with van der Waals surface area (Å²) in [7, 11) is 0. The molecule has 8 unspecified atom stereocenters. The number of imide groups is 1. The van der Waals surface area contributed by atoms with Crippen LogP contribution in [-0.4, -0.2) is 212 Å². The number of amides is 5. The Morgan fingerprint density at radius 1 is 0.846 bits per heavy atom. The summed E-state index contributed by atoms with van der Waals surface area (Å²) in [5.74, 6) is -7.85. The van der Waals surface area contributed by atoms with Crippen molar-refractivity contribution in [1.29, 1.82) is 0 Å². The Morgan fingerprint density at radius 2 is 1.52 bits per heavy atom. The Morgan fingerprint density at radius 3 is 2.14 bits per heavy atom. The van der Waals surface area contributed by atoms with Gasteiger partial charge in [-0.2, -0.15) is 26.6 Å². The Balaban J connectivity index is 0.00000395. The van der Waals surface area contributed by atoms with Crippen LogP contribution in [0.5, 0.6) is 0 Å². The summed E-state index contributed by atoms with van der Waals surface area (Å²) >= 11 is -6.35. The van der Waals surface area contributed by atoms with E-state index >= 15 is 0 Å². The van der Waals surface area contributed by atoms with E-state index in [0.717, 1.165) is 44.2 Å². The summed E-state index contributed by atoms with van der Waals surface area (Å²) in [6, 6.07) is 6.26. The van der Waals surface area contributed by atoms with Crippen LogP contribution in [0.15, 0.2) is 45.7 Å². The molecule has 4 fully saturated rings. The standard InChI is InChI=1S/C54H73N4O24S2.4Na.O2S/c1-26-48(79-37(52(70)71)16-28-8-4-3-5-9-28)45(65)38(23-59)81-53(26)80-36-19-30(18-35(57-51(69)31-20-40(61)58-41(62)21-31)49(36)82-54-47(67)46(66)44(64)27(2)78-54)50(68)55-13-7-11-32(60)24-76-14-15-77-25-42(63)56-34-12-6-10-29-17-33(83(72)73)22-39(43(29)34)84(74)75;;;;;1-3-2/h10,12,17,20,22,26-28,30,35-38,44-49,53-54,59,64-67H,3-5,7-9,11,13-16,18-19,21,23-25H2,1-2H3,(H,55,68)(H,56,63)(H,57,69)(H,70,71)(H,72,73)(H,74,75)(H,58,61,62);;;;;/q-1;4*+1;/p-3/t26?,27?,30?,35?,36-,37+,38+,44-,45+,46+,47?,48?,49-,53-,54+;;;;;/m1...../s1. The van der Waals surface area contributed by atoms with E-state index in [4.69, 9.17) is 41.6 Å². The fourth-order valence-electron chi connectivity index (χ4n) is 11.0. The van der Waals surface area contributed by atoms with Gasteiger partial charge in [-0.1, -0.05) is 56.2 Å². The van der Waals surface area contributed by atoms with Crippen molar-refractivity contribution in [3.8, 4) is 0 Å². The summed E-state index contributed by atoms with van der Waals surface area (Å²) in [5, 5.41) is 77.2. The molecule has 30 nitrogen and oxygen atoms in total. The Labute approximate surface area is 620 Å². The van der Waals surface area contributed by atoms with E-state index in [2.05, 4.69) is 27.3 Å². The number of aliphatic carboxylic acids is 1. The molecule has 0 spiro atoms. The Hall–Kier alpha value is -1.31. The zero-order valence-electron chi connectivity index (χ0n) is 51.2. The van der Waals surface area contributed by atoms with Crippen LogP contribution in [0.1, 0.15) is 84.5 Å². The van der Waals surface area contributed by atoms with Gasteiger partial charge in [0.2, 0.25) is 23.6 Å². The van der Waals surface area contributed by atoms with Crippen molar-refractivity contribution in [1.82, 2.24) is 16.0 Å². The van der Waals surface area contributed by atoms with E-state index in [-0.39, 0.29) is 220 Å². The van der Waals surface area contributed by atoms with Crippen LogP contribution in [0.25, 0.3) is 10.8 Å². The second-order valence-corrected chi connectivity index (χ2v) is 23.6. The van der Waals surface area contributed by atoms with Gasteiger partial charge in [-0.25, -0.2) is 0 Å². The fraction of sp³-hybridized carbons (Fsp3) is 0.648. The quantitative estimate of drug-likeness (QED) is 0.0132. The first-order chi connectivity index (χ1) is 41.4. The normalized spacial score (nSPS) is 28.3. The number of hydrogen-bond donors (Lipinski definition) is 9. The number of carbonyl (C=O) groups is 7. The van der Waals surface area contributed by atoms with Gasteiger partial charge in [-0.3, -0.25) is 42.5 Å². The molecule has 9 N–H and O–H groups in total. The molecule has 5 aliphatic rings. The van der Waals surface area contributed by atoms with Crippen LogP contribution in [0.4, 0.5) is 5.69 Å². The number of benzene rings is 2. The summed E-state index contributed by atoms with van der Waals surface area (Å²) < 4.78 is 105. The molecule has 0 bridgehead atoms. The summed E-state index contributed by atoms with van der Waals surface area (Å²) in [6.45, 7) is 0.968. The van der Waals surface area contributed by atoms with Gasteiger partial charge in [0.25, 0.3) is 5.91 Å². The van der Waals surface area contributed by atoms with Crippen molar-refractivity contribution >= 4 is 91.5 Å². The SMILES string of the molecule is CC1C(O[C@@H](CC2CCCCC2)C(=O)[O-])[C@@H](O)[C@H](CO)O[C@H]1O[C@@H]1CC(C(=O)NCCCC(=O)COCCOCC(=O)Nc2c[c-]cc3cc(S(=O)[O-])cc(S(=O)[O-])c23)CC(NC(=O)C2=CC(=O)NC(=O)C2)[C@H]1O[C@@H]1OC(C)[C@@H](O)[C@H](O)C1O.O=S=O.[Na+].[Na+].[Na+].[Na+]. The smallest absolute Gasteiger partial charge is 0.768 e. The van der Waals surface area contributed by atoms with Gasteiger partial charge in [-0.15, -0.1) is 5.39 Å². The maximum atomic E-state index is 14.2. The number of carboxylic acid groups (broad SMARTS) is 1. The van der Waals surface area contributed by atoms with Crippen LogP contribution >= 0.6 is 0 Å². The molecule has 484 valence electrons. The number of hydrogen-bond acceptors (Lipinski definition) is 26. The third kappa shape index (κ3) is 25.2. The molecule has 7 rings (SSSR count). The number of rotatable bonds is 27. The van der Waals surface area contributed by atoms with E-state index in [0.29, 0.717) is 0 Å². The van der Waals surface area contributed by atoms with Gasteiger partial charge >= 0.3 is 130 Å². The van der Waals surface area contributed by atoms with Crippen LogP contribution in [0.3, 0.4) is 0 Å². The molecule has 3 heterocycles. The molecule has 17 atom stereocenters. The third-order valence-corrected chi connectivity index (χ3v) is 16.7. The molecular weight excluding hydrogens is 1310 g/mol. The van der Waals surface area contributed by atoms with E-state index in [9.17, 15) is 81.7 Å². The maximum Gasteiger partial charge on any atom is 1.00 e. The minimum atomic E-state index is -2.86. The van der Waals surface area contributed by atoms with Crippen LogP contribution in [0.2, 0.25) is 0 Å². The van der Waals surface area contributed by atoms with Crippen molar-refractivity contribution in [2.24, 2.45) is 17.8 Å². The first kappa shape index (κ1) is 85.8. The number of Topliss-reactive ketones (excluding diaryl/α,β-unsaturated/α-hetero) is 1. The van der Waals surface area contributed by atoms with Gasteiger partial charge in [0.15, 0.2) is 18.4 Å². The number of fused-ring (bicyclic) bond motifs is 1. The Bertz CT molecular complexity index is 2900. The number of anilines is 1. The van der Waals surface area contributed by atoms with E-state index in [1.165, 1.54) is 32.0 Å². The predicted octanol–water partition coefficient (Wildman–Crippen LogP) is -15.4. The number of carboxylic acids is 1. The number of ketones is 1.